The number of hydroxylamine groups is 2. The summed E-state index contributed by atoms with van der Waals surface area (Å²) in [5.41, 5.74) is 0.847. The van der Waals surface area contributed by atoms with E-state index >= 15 is 0 Å². The van der Waals surface area contributed by atoms with E-state index in [1.165, 1.54) is 6.92 Å². The summed E-state index contributed by atoms with van der Waals surface area (Å²) in [6.07, 6.45) is -7.40. The number of amides is 1. The van der Waals surface area contributed by atoms with Crippen LogP contribution in [-0.2, 0) is 21.0 Å². The van der Waals surface area contributed by atoms with Crippen LogP contribution in [0, 0.1) is 0 Å². The first kappa shape index (κ1) is 17.8. The first-order chi connectivity index (χ1) is 10.9. The molecule has 1 heterocycles. The number of carbonyl (C=O) groups excluding carboxylic acids is 1. The van der Waals surface area contributed by atoms with Gasteiger partial charge in [0.15, 0.2) is 6.29 Å². The summed E-state index contributed by atoms with van der Waals surface area (Å²) >= 11 is 0. The highest BCUT2D eigenvalue weighted by molar-refractivity contribution is 5.72. The monoisotopic (exact) mass is 327 g/mol. The average Bonchev–Trinajstić information content (AvgIpc) is 2.54. The molecule has 1 aliphatic rings. The minimum Gasteiger partial charge on any atom is -0.388 e. The van der Waals surface area contributed by atoms with Crippen molar-refractivity contribution in [1.29, 1.82) is 0 Å². The Balaban J connectivity index is 1.97. The van der Waals surface area contributed by atoms with Crippen molar-refractivity contribution in [3.05, 3.63) is 35.9 Å². The normalized spacial score (nSPS) is 30.9. The van der Waals surface area contributed by atoms with Crippen molar-refractivity contribution in [2.45, 2.75) is 44.2 Å². The molecule has 5 atom stereocenters. The first-order valence-corrected chi connectivity index (χ1v) is 7.23. The fourth-order valence-corrected chi connectivity index (χ4v) is 2.24. The molecular weight excluding hydrogens is 306 g/mol. The van der Waals surface area contributed by atoms with Crippen LogP contribution in [0.1, 0.15) is 12.5 Å². The van der Waals surface area contributed by atoms with Gasteiger partial charge in [0.05, 0.1) is 6.54 Å². The highest BCUT2D eigenvalue weighted by Gasteiger charge is 2.43. The number of nitrogens with zero attached hydrogens (tertiary/aromatic N) is 1. The lowest BCUT2D eigenvalue weighted by molar-refractivity contribution is -0.294. The maximum atomic E-state index is 11.7. The molecule has 0 spiro atoms. The number of hydrogen-bond donors (Lipinski definition) is 4. The van der Waals surface area contributed by atoms with E-state index in [0.717, 1.165) is 10.6 Å². The Bertz CT molecular complexity index is 512. The van der Waals surface area contributed by atoms with Crippen molar-refractivity contribution in [1.82, 2.24) is 5.06 Å². The molecule has 128 valence electrons. The second kappa shape index (κ2) is 7.82. The molecule has 0 aromatic heterocycles. The van der Waals surface area contributed by atoms with E-state index < -0.39 is 36.6 Å². The molecule has 0 bridgehead atoms. The summed E-state index contributed by atoms with van der Waals surface area (Å²) in [7, 11) is 0. The van der Waals surface area contributed by atoms with Crippen molar-refractivity contribution < 1.29 is 34.8 Å². The van der Waals surface area contributed by atoms with Crippen molar-refractivity contribution in [2.24, 2.45) is 0 Å². The summed E-state index contributed by atoms with van der Waals surface area (Å²) in [5, 5.41) is 39.5. The van der Waals surface area contributed by atoms with Gasteiger partial charge in [0, 0.05) is 6.92 Å². The van der Waals surface area contributed by atoms with Gasteiger partial charge in [-0.1, -0.05) is 30.3 Å². The lowest BCUT2D eigenvalue weighted by Crippen LogP contribution is -2.60. The van der Waals surface area contributed by atoms with Gasteiger partial charge in [-0.15, -0.1) is 0 Å². The molecule has 1 aromatic rings. The summed E-state index contributed by atoms with van der Waals surface area (Å²) in [4.78, 5) is 17.1. The average molecular weight is 327 g/mol. The van der Waals surface area contributed by atoms with Crippen LogP contribution in [-0.4, -0.2) is 68.6 Å². The standard InChI is InChI=1S/C15H21NO7/c1-9(17)16(22-8-10-5-3-2-4-6-10)7-11-12(18)13(19)14(20)15(21)23-11/h2-6,11-15,18-21H,7-8H2,1H3/t11-,12+,13+,14-,15?/m1/s1. The minimum absolute atomic E-state index is 0.136. The SMILES string of the molecule is CC(=O)N(C[C@H]1OC(O)[C@H](O)[C@@H](O)[C@H]1O)OCc1ccccc1. The van der Waals surface area contributed by atoms with E-state index in [1.807, 2.05) is 30.3 Å². The summed E-state index contributed by atoms with van der Waals surface area (Å²) in [6.45, 7) is 1.21. The Morgan fingerprint density at radius 3 is 2.39 bits per heavy atom. The van der Waals surface area contributed by atoms with Crippen LogP contribution in [0.4, 0.5) is 0 Å². The molecule has 1 saturated heterocycles. The first-order valence-electron chi connectivity index (χ1n) is 7.23. The van der Waals surface area contributed by atoms with Gasteiger partial charge in [-0.3, -0.25) is 9.63 Å². The molecule has 0 saturated carbocycles. The quantitative estimate of drug-likeness (QED) is 0.500. The van der Waals surface area contributed by atoms with Crippen LogP contribution < -0.4 is 0 Å². The molecule has 4 N–H and O–H groups in total. The van der Waals surface area contributed by atoms with E-state index in [9.17, 15) is 25.2 Å². The molecule has 2 rings (SSSR count). The van der Waals surface area contributed by atoms with Crippen LogP contribution in [0.25, 0.3) is 0 Å². The topological polar surface area (TPSA) is 120 Å². The highest BCUT2D eigenvalue weighted by atomic mass is 16.7. The third kappa shape index (κ3) is 4.47. The molecule has 23 heavy (non-hydrogen) atoms. The summed E-state index contributed by atoms with van der Waals surface area (Å²) in [5.74, 6) is -0.424. The van der Waals surface area contributed by atoms with Crippen molar-refractivity contribution in [2.75, 3.05) is 6.54 Å². The van der Waals surface area contributed by atoms with E-state index in [1.54, 1.807) is 0 Å². The van der Waals surface area contributed by atoms with Crippen molar-refractivity contribution >= 4 is 5.91 Å². The Labute approximate surface area is 133 Å². The molecule has 1 fully saturated rings. The van der Waals surface area contributed by atoms with Crippen molar-refractivity contribution in [3.8, 4) is 0 Å². The van der Waals surface area contributed by atoms with Crippen LogP contribution in [0.3, 0.4) is 0 Å². The Morgan fingerprint density at radius 2 is 1.78 bits per heavy atom. The molecular formula is C15H21NO7. The lowest BCUT2D eigenvalue weighted by atomic mass is 9.99. The number of carbonyl (C=O) groups is 1. The van der Waals surface area contributed by atoms with Gasteiger partial charge in [-0.05, 0) is 5.56 Å². The Morgan fingerprint density at radius 1 is 1.13 bits per heavy atom. The molecule has 0 radical (unpaired) electrons. The number of aliphatic hydroxyl groups excluding tert-OH is 4. The third-order valence-corrected chi connectivity index (χ3v) is 3.61. The smallest absolute Gasteiger partial charge is 0.243 e. The third-order valence-electron chi connectivity index (χ3n) is 3.61. The summed E-state index contributed by atoms with van der Waals surface area (Å²) < 4.78 is 5.04. The van der Waals surface area contributed by atoms with E-state index in [0.29, 0.717) is 0 Å². The van der Waals surface area contributed by atoms with Gasteiger partial charge in [0.25, 0.3) is 0 Å². The Hall–Kier alpha value is -1.55. The molecule has 8 heteroatoms. The molecule has 1 aliphatic heterocycles. The zero-order valence-electron chi connectivity index (χ0n) is 12.6. The summed E-state index contributed by atoms with van der Waals surface area (Å²) in [6, 6.07) is 9.17. The van der Waals surface area contributed by atoms with Crippen LogP contribution in [0.2, 0.25) is 0 Å². The molecule has 1 unspecified atom stereocenters. The van der Waals surface area contributed by atoms with Gasteiger partial charge < -0.3 is 25.2 Å². The van der Waals surface area contributed by atoms with Gasteiger partial charge in [0.2, 0.25) is 5.91 Å². The van der Waals surface area contributed by atoms with Gasteiger partial charge >= 0.3 is 0 Å². The number of ether oxygens (including phenoxy) is 1. The maximum Gasteiger partial charge on any atom is 0.243 e. The van der Waals surface area contributed by atoms with Crippen molar-refractivity contribution in [3.63, 3.8) is 0 Å². The van der Waals surface area contributed by atoms with E-state index in [-0.39, 0.29) is 13.2 Å². The lowest BCUT2D eigenvalue weighted by Gasteiger charge is -2.39. The fraction of sp³-hybridized carbons (Fsp3) is 0.533. The number of hydrogen-bond acceptors (Lipinski definition) is 7. The molecule has 0 aliphatic carbocycles. The zero-order valence-corrected chi connectivity index (χ0v) is 12.6. The van der Waals surface area contributed by atoms with E-state index in [4.69, 9.17) is 9.57 Å². The molecule has 1 amide bonds. The second-order valence-electron chi connectivity index (χ2n) is 5.38. The number of aliphatic hydroxyl groups is 4. The van der Waals surface area contributed by atoms with E-state index in [2.05, 4.69) is 0 Å². The maximum absolute atomic E-state index is 11.7. The van der Waals surface area contributed by atoms with Crippen LogP contribution >= 0.6 is 0 Å². The predicted octanol–water partition coefficient (Wildman–Crippen LogP) is -1.23. The van der Waals surface area contributed by atoms with Crippen LogP contribution in [0.5, 0.6) is 0 Å². The number of benzene rings is 1. The molecule has 8 nitrogen and oxygen atoms in total. The molecule has 1 aromatic carbocycles. The fourth-order valence-electron chi connectivity index (χ4n) is 2.24. The van der Waals surface area contributed by atoms with Gasteiger partial charge in [0.1, 0.15) is 31.0 Å². The second-order valence-corrected chi connectivity index (χ2v) is 5.38. The van der Waals surface area contributed by atoms with Gasteiger partial charge in [-0.25, -0.2) is 5.06 Å². The minimum atomic E-state index is -1.65. The Kier molecular flexibility index (Phi) is 6.05. The number of rotatable bonds is 5. The predicted molar refractivity (Wildman–Crippen MR) is 77.5 cm³/mol. The van der Waals surface area contributed by atoms with Crippen LogP contribution in [0.15, 0.2) is 30.3 Å². The highest BCUT2D eigenvalue weighted by Crippen LogP contribution is 2.21. The van der Waals surface area contributed by atoms with Gasteiger partial charge in [-0.2, -0.15) is 0 Å². The largest absolute Gasteiger partial charge is 0.388 e. The zero-order chi connectivity index (χ0) is 17.0.